The number of benzene rings is 1. The molecule has 0 heterocycles. The molecule has 144 valence electrons. The highest BCUT2D eigenvalue weighted by Crippen LogP contribution is 2.50. The van der Waals surface area contributed by atoms with Gasteiger partial charge in [-0.05, 0) is 31.9 Å². The van der Waals surface area contributed by atoms with E-state index in [9.17, 15) is 22.4 Å². The molecule has 1 aromatic carbocycles. The van der Waals surface area contributed by atoms with Crippen LogP contribution in [0.3, 0.4) is 0 Å². The highest BCUT2D eigenvalue weighted by Gasteiger charge is 2.48. The molecule has 1 fully saturated rings. The minimum Gasteiger partial charge on any atom is -0.465 e. The summed E-state index contributed by atoms with van der Waals surface area (Å²) in [6.45, 7) is 3.33. The van der Waals surface area contributed by atoms with Crippen molar-refractivity contribution in [1.82, 2.24) is 4.72 Å². The normalized spacial score (nSPS) is 20.3. The minimum absolute atomic E-state index is 0.0364. The van der Waals surface area contributed by atoms with Crippen LogP contribution in [0, 0.1) is 11.7 Å². The molecule has 1 aliphatic carbocycles. The average molecular weight is 406 g/mol. The van der Waals surface area contributed by atoms with Crippen molar-refractivity contribution in [1.29, 1.82) is 0 Å². The molecule has 1 N–H and O–H groups in total. The van der Waals surface area contributed by atoms with E-state index in [1.807, 2.05) is 4.72 Å². The van der Waals surface area contributed by atoms with Crippen LogP contribution in [0.15, 0.2) is 18.2 Å². The van der Waals surface area contributed by atoms with Crippen LogP contribution in [0.1, 0.15) is 44.6 Å². The van der Waals surface area contributed by atoms with E-state index >= 15 is 0 Å². The smallest absolute Gasteiger partial charge is 0.326 e. The number of amides is 1. The lowest BCUT2D eigenvalue weighted by Gasteiger charge is -2.16. The van der Waals surface area contributed by atoms with Gasteiger partial charge in [0.2, 0.25) is 15.9 Å². The molecule has 26 heavy (non-hydrogen) atoms. The molecule has 0 aliphatic heterocycles. The highest BCUT2D eigenvalue weighted by molar-refractivity contribution is 7.91. The predicted molar refractivity (Wildman–Crippen MR) is 94.6 cm³/mol. The molecule has 1 aromatic rings. The van der Waals surface area contributed by atoms with Crippen LogP contribution in [0.2, 0.25) is 5.02 Å². The van der Waals surface area contributed by atoms with E-state index in [2.05, 4.69) is 0 Å². The summed E-state index contributed by atoms with van der Waals surface area (Å²) in [6.07, 6.45) is 0.754. The largest absolute Gasteiger partial charge is 0.465 e. The fourth-order valence-electron chi connectivity index (χ4n) is 2.85. The summed E-state index contributed by atoms with van der Waals surface area (Å²) in [6, 6.07) is 4.21. The first-order chi connectivity index (χ1) is 12.2. The number of ether oxygens (including phenoxy) is 1. The summed E-state index contributed by atoms with van der Waals surface area (Å²) in [5.74, 6) is -3.37. The Labute approximate surface area is 157 Å². The van der Waals surface area contributed by atoms with Gasteiger partial charge in [-0.15, -0.1) is 0 Å². The van der Waals surface area contributed by atoms with E-state index in [0.29, 0.717) is 12.8 Å². The van der Waals surface area contributed by atoms with Crippen LogP contribution >= 0.6 is 11.6 Å². The lowest BCUT2D eigenvalue weighted by Crippen LogP contribution is -2.43. The van der Waals surface area contributed by atoms with E-state index in [-0.39, 0.29) is 23.6 Å². The second kappa shape index (κ2) is 8.35. The van der Waals surface area contributed by atoms with Gasteiger partial charge in [0.15, 0.2) is 5.25 Å². The Bertz CT molecular complexity index is 778. The highest BCUT2D eigenvalue weighted by atomic mass is 35.5. The van der Waals surface area contributed by atoms with Crippen molar-refractivity contribution in [2.75, 3.05) is 6.61 Å². The van der Waals surface area contributed by atoms with Crippen molar-refractivity contribution < 1.29 is 27.1 Å². The Morgan fingerprint density at radius 1 is 1.38 bits per heavy atom. The maximum atomic E-state index is 13.9. The van der Waals surface area contributed by atoms with Gasteiger partial charge in [0, 0.05) is 22.4 Å². The molecule has 0 saturated heterocycles. The third kappa shape index (κ3) is 4.54. The van der Waals surface area contributed by atoms with E-state index in [1.165, 1.54) is 18.2 Å². The second-order valence-electron chi connectivity index (χ2n) is 6.12. The lowest BCUT2D eigenvalue weighted by atomic mass is 10.1. The Balaban J connectivity index is 2.10. The molecule has 0 bridgehead atoms. The minimum atomic E-state index is -4.24. The van der Waals surface area contributed by atoms with Crippen molar-refractivity contribution in [3.63, 3.8) is 0 Å². The standard InChI is InChI=1S/C17H21ClFNO5S/c1-3-6-14(17(22)25-4-2)26(23,24)20-16(21)11-9-10(11)15-12(18)7-5-8-13(15)19/h5,7-8,10-11,14H,3-4,6,9H2,1-2H3,(H,20,21)/t10-,11-,14-/m1/s1. The zero-order chi connectivity index (χ0) is 19.5. The molecule has 3 atom stereocenters. The summed E-state index contributed by atoms with van der Waals surface area (Å²) < 4.78 is 45.5. The number of nitrogens with one attached hydrogen (secondary N) is 1. The summed E-state index contributed by atoms with van der Waals surface area (Å²) in [5.41, 5.74) is 0.210. The first-order valence-electron chi connectivity index (χ1n) is 8.38. The van der Waals surface area contributed by atoms with E-state index in [4.69, 9.17) is 16.3 Å². The van der Waals surface area contributed by atoms with Crippen molar-refractivity contribution in [2.45, 2.75) is 44.3 Å². The molecule has 0 aromatic heterocycles. The lowest BCUT2D eigenvalue weighted by molar-refractivity contribution is -0.142. The number of halogens is 2. The Kier molecular flexibility index (Phi) is 6.63. The van der Waals surface area contributed by atoms with Crippen molar-refractivity contribution in [3.05, 3.63) is 34.6 Å². The van der Waals surface area contributed by atoms with Crippen molar-refractivity contribution >= 4 is 33.5 Å². The third-order valence-electron chi connectivity index (χ3n) is 4.22. The van der Waals surface area contributed by atoms with Crippen molar-refractivity contribution in [2.24, 2.45) is 5.92 Å². The van der Waals surface area contributed by atoms with Crippen LogP contribution in [0.25, 0.3) is 0 Å². The van der Waals surface area contributed by atoms with E-state index < -0.39 is 44.8 Å². The molecule has 1 aliphatic rings. The molecular weight excluding hydrogens is 385 g/mol. The summed E-state index contributed by atoms with van der Waals surface area (Å²) >= 11 is 5.98. The Hall–Kier alpha value is -1.67. The van der Waals surface area contributed by atoms with E-state index in [1.54, 1.807) is 13.8 Å². The van der Waals surface area contributed by atoms with Crippen molar-refractivity contribution in [3.8, 4) is 0 Å². The van der Waals surface area contributed by atoms with Crippen LogP contribution in [-0.2, 0) is 24.3 Å². The number of carbonyl (C=O) groups is 2. The summed E-state index contributed by atoms with van der Waals surface area (Å²) in [7, 11) is -4.24. The first-order valence-corrected chi connectivity index (χ1v) is 10.3. The molecule has 0 spiro atoms. The number of esters is 1. The topological polar surface area (TPSA) is 89.5 Å². The summed E-state index contributed by atoms with van der Waals surface area (Å²) in [4.78, 5) is 24.2. The Morgan fingerprint density at radius 3 is 2.65 bits per heavy atom. The average Bonchev–Trinajstić information content (AvgIpc) is 3.32. The van der Waals surface area contributed by atoms with Gasteiger partial charge in [-0.3, -0.25) is 14.3 Å². The predicted octanol–water partition coefficient (Wildman–Crippen LogP) is 2.76. The molecule has 0 unspecified atom stereocenters. The van der Waals surface area contributed by atoms with Crippen LogP contribution < -0.4 is 4.72 Å². The Morgan fingerprint density at radius 2 is 2.08 bits per heavy atom. The number of rotatable bonds is 8. The fraction of sp³-hybridized carbons (Fsp3) is 0.529. The van der Waals surface area contributed by atoms with Crippen LogP contribution in [-0.4, -0.2) is 32.2 Å². The SMILES string of the molecule is CCC[C@H](C(=O)OCC)S(=O)(=O)NC(=O)[C@@H]1C[C@H]1c1c(F)cccc1Cl. The molecular formula is C17H21ClFNO5S. The van der Waals surface area contributed by atoms with Gasteiger partial charge in [-0.25, -0.2) is 12.8 Å². The van der Waals surface area contributed by atoms with Gasteiger partial charge in [-0.1, -0.05) is 31.0 Å². The third-order valence-corrected chi connectivity index (χ3v) is 6.21. The van der Waals surface area contributed by atoms with Gasteiger partial charge < -0.3 is 4.74 Å². The van der Waals surface area contributed by atoms with Crippen LogP contribution in [0.4, 0.5) is 4.39 Å². The fourth-order valence-corrected chi connectivity index (χ4v) is 4.60. The number of sulfonamides is 1. The maximum absolute atomic E-state index is 13.9. The number of hydrogen-bond donors (Lipinski definition) is 1. The monoisotopic (exact) mass is 405 g/mol. The molecule has 9 heteroatoms. The zero-order valence-electron chi connectivity index (χ0n) is 14.5. The maximum Gasteiger partial charge on any atom is 0.326 e. The zero-order valence-corrected chi connectivity index (χ0v) is 16.1. The summed E-state index contributed by atoms with van der Waals surface area (Å²) in [5, 5.41) is -1.26. The first kappa shape index (κ1) is 20.6. The van der Waals surface area contributed by atoms with Gasteiger partial charge in [0.25, 0.3) is 0 Å². The number of carbonyl (C=O) groups excluding carboxylic acids is 2. The molecule has 1 saturated carbocycles. The second-order valence-corrected chi connectivity index (χ2v) is 8.40. The quantitative estimate of drug-likeness (QED) is 0.671. The van der Waals surface area contributed by atoms with Gasteiger partial charge >= 0.3 is 5.97 Å². The molecule has 1 amide bonds. The van der Waals surface area contributed by atoms with Gasteiger partial charge in [0.05, 0.1) is 6.61 Å². The molecule has 2 rings (SSSR count). The molecule has 6 nitrogen and oxygen atoms in total. The van der Waals surface area contributed by atoms with E-state index in [0.717, 1.165) is 0 Å². The van der Waals surface area contributed by atoms with Gasteiger partial charge in [0.1, 0.15) is 5.82 Å². The number of hydrogen-bond acceptors (Lipinski definition) is 5. The van der Waals surface area contributed by atoms with Crippen LogP contribution in [0.5, 0.6) is 0 Å². The van der Waals surface area contributed by atoms with Gasteiger partial charge in [-0.2, -0.15) is 0 Å². The molecule has 0 radical (unpaired) electrons.